The van der Waals surface area contributed by atoms with Gasteiger partial charge in [0.1, 0.15) is 17.2 Å². The number of halogens is 3. The molecule has 2 aromatic carbocycles. The van der Waals surface area contributed by atoms with Gasteiger partial charge in [0.15, 0.2) is 0 Å². The highest BCUT2D eigenvalue weighted by atomic mass is 19.4. The van der Waals surface area contributed by atoms with Gasteiger partial charge >= 0.3 is 6.18 Å². The molecule has 0 radical (unpaired) electrons. The minimum absolute atomic E-state index is 0.152. The maximum atomic E-state index is 12.4. The molecule has 1 atom stereocenters. The third kappa shape index (κ3) is 4.74. The summed E-state index contributed by atoms with van der Waals surface area (Å²) in [5.41, 5.74) is 5.85. The molecule has 1 unspecified atom stereocenters. The number of imidazole rings is 1. The highest BCUT2D eigenvalue weighted by Gasteiger charge is 2.27. The van der Waals surface area contributed by atoms with E-state index in [4.69, 9.17) is 10.5 Å². The summed E-state index contributed by atoms with van der Waals surface area (Å²) in [4.78, 5) is 4.23. The third-order valence-corrected chi connectivity index (χ3v) is 3.65. The summed E-state index contributed by atoms with van der Waals surface area (Å²) in [6.45, 7) is 1.64. The van der Waals surface area contributed by atoms with Crippen LogP contribution in [-0.4, -0.2) is 26.6 Å². The first-order chi connectivity index (χ1) is 12.1. The number of nitrogens with zero attached hydrogens (tertiary/aromatic N) is 2. The van der Waals surface area contributed by atoms with Crippen molar-refractivity contribution >= 4 is 11.0 Å². The summed E-state index contributed by atoms with van der Waals surface area (Å²) >= 11 is 0. The molecule has 0 spiro atoms. The molecule has 0 saturated carbocycles. The van der Waals surface area contributed by atoms with Crippen LogP contribution in [0, 0.1) is 0 Å². The van der Waals surface area contributed by atoms with Crippen LogP contribution in [0.5, 0.6) is 11.5 Å². The van der Waals surface area contributed by atoms with Gasteiger partial charge in [-0.1, -0.05) is 12.1 Å². The Balaban J connectivity index is 1.79. The van der Waals surface area contributed by atoms with Crippen molar-refractivity contribution in [3.05, 3.63) is 54.4 Å². The minimum Gasteiger partial charge on any atom is -0.457 e. The number of fused-ring (bicyclic) bond motifs is 1. The molecule has 0 aliphatic carbocycles. The van der Waals surface area contributed by atoms with Gasteiger partial charge in [-0.3, -0.25) is 0 Å². The predicted molar refractivity (Wildman–Crippen MR) is 90.8 cm³/mol. The number of rotatable bonds is 5. The summed E-state index contributed by atoms with van der Waals surface area (Å²) in [6.07, 6.45) is -3.64. The van der Waals surface area contributed by atoms with Gasteiger partial charge in [0, 0.05) is 6.07 Å². The van der Waals surface area contributed by atoms with E-state index in [-0.39, 0.29) is 12.1 Å². The van der Waals surface area contributed by atoms with Gasteiger partial charge in [0.05, 0.1) is 30.3 Å². The first kappa shape index (κ1) is 18.2. The van der Waals surface area contributed by atoms with Gasteiger partial charge in [-0.2, -0.15) is 13.2 Å². The summed E-state index contributed by atoms with van der Waals surface area (Å²) in [7, 11) is 0. The molecule has 0 fully saturated rings. The number of nitrogens with two attached hydrogens (primary N) is 1. The van der Waals surface area contributed by atoms with E-state index in [1.807, 2.05) is 0 Å². The largest absolute Gasteiger partial charge is 0.457 e. The second-order valence-corrected chi connectivity index (χ2v) is 6.42. The number of aromatic nitrogens is 2. The van der Waals surface area contributed by atoms with Crippen LogP contribution < -0.4 is 10.5 Å². The van der Waals surface area contributed by atoms with Crippen LogP contribution in [0.25, 0.3) is 11.0 Å². The maximum Gasteiger partial charge on any atom is 0.393 e. The monoisotopic (exact) mass is 365 g/mol. The Morgan fingerprint density at radius 1 is 1.12 bits per heavy atom. The second-order valence-electron chi connectivity index (χ2n) is 6.42. The Morgan fingerprint density at radius 2 is 1.77 bits per heavy atom. The maximum absolute atomic E-state index is 12.4. The van der Waals surface area contributed by atoms with Crippen molar-refractivity contribution in [3.8, 4) is 11.5 Å². The Hall–Kier alpha value is -2.58. The van der Waals surface area contributed by atoms with Crippen molar-refractivity contribution in [1.29, 1.82) is 0 Å². The van der Waals surface area contributed by atoms with Crippen molar-refractivity contribution in [2.75, 3.05) is 0 Å². The summed E-state index contributed by atoms with van der Waals surface area (Å²) < 4.78 is 44.6. The molecule has 0 amide bonds. The third-order valence-electron chi connectivity index (χ3n) is 3.65. The molecular weight excluding hydrogens is 347 g/mol. The molecule has 26 heavy (non-hydrogen) atoms. The van der Waals surface area contributed by atoms with Crippen molar-refractivity contribution in [3.63, 3.8) is 0 Å². The van der Waals surface area contributed by atoms with E-state index in [0.717, 1.165) is 5.52 Å². The lowest BCUT2D eigenvalue weighted by Gasteiger charge is -2.18. The van der Waals surface area contributed by atoms with Crippen LogP contribution in [0.1, 0.15) is 12.5 Å². The van der Waals surface area contributed by atoms with Crippen molar-refractivity contribution in [2.24, 2.45) is 5.73 Å². The zero-order valence-electron chi connectivity index (χ0n) is 14.0. The van der Waals surface area contributed by atoms with E-state index >= 15 is 0 Å². The van der Waals surface area contributed by atoms with Gasteiger partial charge < -0.3 is 20.1 Å². The fraction of sp³-hybridized carbons (Fsp3) is 0.278. The average Bonchev–Trinajstić information content (AvgIpc) is 2.88. The standard InChI is InChI=1S/C18H18F3N3O2/c1-17(22,25)10-24-11-23-15-7-6-14(8-16(15)24)26-13-4-2-12(3-5-13)9-18(19,20)21/h2-8,11,25H,9-10,22H2,1H3. The molecule has 0 bridgehead atoms. The van der Waals surface area contributed by atoms with Crippen LogP contribution in [0.3, 0.4) is 0 Å². The lowest BCUT2D eigenvalue weighted by Crippen LogP contribution is -2.40. The van der Waals surface area contributed by atoms with E-state index in [0.29, 0.717) is 17.0 Å². The quantitative estimate of drug-likeness (QED) is 0.678. The lowest BCUT2D eigenvalue weighted by molar-refractivity contribution is -0.127. The van der Waals surface area contributed by atoms with Gasteiger partial charge in [0.25, 0.3) is 0 Å². The molecule has 5 nitrogen and oxygen atoms in total. The molecule has 3 N–H and O–H groups in total. The minimum atomic E-state index is -4.24. The zero-order chi connectivity index (χ0) is 18.9. The first-order valence-corrected chi connectivity index (χ1v) is 7.89. The molecule has 3 aromatic rings. The second kappa shape index (κ2) is 6.62. The van der Waals surface area contributed by atoms with Crippen LogP contribution >= 0.6 is 0 Å². The van der Waals surface area contributed by atoms with Crippen LogP contribution in [0.4, 0.5) is 13.2 Å². The summed E-state index contributed by atoms with van der Waals surface area (Å²) in [5.74, 6) is 0.923. The Morgan fingerprint density at radius 3 is 2.38 bits per heavy atom. The van der Waals surface area contributed by atoms with Crippen molar-refractivity contribution in [2.45, 2.75) is 31.8 Å². The lowest BCUT2D eigenvalue weighted by atomic mass is 10.1. The van der Waals surface area contributed by atoms with E-state index in [9.17, 15) is 18.3 Å². The van der Waals surface area contributed by atoms with E-state index in [1.54, 1.807) is 29.1 Å². The average molecular weight is 365 g/mol. The van der Waals surface area contributed by atoms with Gasteiger partial charge in [0.2, 0.25) is 0 Å². The number of ether oxygens (including phenoxy) is 1. The van der Waals surface area contributed by atoms with Gasteiger partial charge in [-0.05, 0) is 36.8 Å². The molecule has 1 heterocycles. The molecule has 0 aliphatic heterocycles. The number of hydrogen-bond donors (Lipinski definition) is 2. The molecule has 3 rings (SSSR count). The molecular formula is C18H18F3N3O2. The molecule has 0 aliphatic rings. The van der Waals surface area contributed by atoms with Crippen molar-refractivity contribution < 1.29 is 23.0 Å². The Kier molecular flexibility index (Phi) is 4.64. The molecule has 8 heteroatoms. The van der Waals surface area contributed by atoms with E-state index in [1.165, 1.54) is 31.2 Å². The smallest absolute Gasteiger partial charge is 0.393 e. The molecule has 1 aromatic heterocycles. The van der Waals surface area contributed by atoms with Crippen LogP contribution in [-0.2, 0) is 13.0 Å². The van der Waals surface area contributed by atoms with Crippen molar-refractivity contribution in [1.82, 2.24) is 9.55 Å². The fourth-order valence-electron chi connectivity index (χ4n) is 2.61. The van der Waals surface area contributed by atoms with Crippen LogP contribution in [0.15, 0.2) is 48.8 Å². The summed E-state index contributed by atoms with van der Waals surface area (Å²) in [5, 5.41) is 9.78. The Labute approximate surface area is 147 Å². The van der Waals surface area contributed by atoms with E-state index in [2.05, 4.69) is 4.98 Å². The zero-order valence-corrected chi connectivity index (χ0v) is 14.0. The van der Waals surface area contributed by atoms with Gasteiger partial charge in [-0.25, -0.2) is 4.98 Å². The number of benzene rings is 2. The first-order valence-electron chi connectivity index (χ1n) is 7.89. The number of alkyl halides is 3. The number of hydrogen-bond acceptors (Lipinski definition) is 4. The highest BCUT2D eigenvalue weighted by Crippen LogP contribution is 2.27. The molecule has 0 saturated heterocycles. The van der Waals surface area contributed by atoms with Crippen LogP contribution in [0.2, 0.25) is 0 Å². The van der Waals surface area contributed by atoms with Gasteiger partial charge in [-0.15, -0.1) is 0 Å². The fourth-order valence-corrected chi connectivity index (χ4v) is 2.61. The molecule has 138 valence electrons. The number of aliphatic hydroxyl groups is 1. The predicted octanol–water partition coefficient (Wildman–Crippen LogP) is 3.60. The Bertz CT molecular complexity index is 897. The topological polar surface area (TPSA) is 73.3 Å². The normalized spacial score (nSPS) is 14.4. The summed E-state index contributed by atoms with van der Waals surface area (Å²) in [6, 6.07) is 11.0. The highest BCUT2D eigenvalue weighted by molar-refractivity contribution is 5.77. The van der Waals surface area contributed by atoms with E-state index < -0.39 is 18.3 Å². The SMILES string of the molecule is CC(N)(O)Cn1cnc2ccc(Oc3ccc(CC(F)(F)F)cc3)cc21.